The lowest BCUT2D eigenvalue weighted by Gasteiger charge is -2.34. The van der Waals surface area contributed by atoms with Crippen molar-refractivity contribution in [1.29, 1.82) is 0 Å². The Bertz CT molecular complexity index is 707. The molecule has 2 rings (SSSR count). The Labute approximate surface area is 164 Å². The van der Waals surface area contributed by atoms with Gasteiger partial charge in [0.05, 0.1) is 24.9 Å². The van der Waals surface area contributed by atoms with Gasteiger partial charge in [-0.15, -0.1) is 0 Å². The molecular formula is C19H28FN3O5. The zero-order valence-corrected chi connectivity index (χ0v) is 16.7. The number of carboxylic acids is 1. The highest BCUT2D eigenvalue weighted by molar-refractivity contribution is 5.91. The minimum absolute atomic E-state index is 0.102. The number of benzene rings is 1. The summed E-state index contributed by atoms with van der Waals surface area (Å²) in [7, 11) is 1.69. The highest BCUT2D eigenvalue weighted by atomic mass is 19.1. The van der Waals surface area contributed by atoms with Gasteiger partial charge in [0, 0.05) is 25.7 Å². The van der Waals surface area contributed by atoms with Crippen LogP contribution < -0.4 is 10.1 Å². The molecule has 0 radical (unpaired) electrons. The topological polar surface area (TPSA) is 91.3 Å². The monoisotopic (exact) mass is 397 g/mol. The summed E-state index contributed by atoms with van der Waals surface area (Å²) < 4.78 is 25.0. The molecule has 28 heavy (non-hydrogen) atoms. The highest BCUT2D eigenvalue weighted by Gasteiger charge is 2.26. The highest BCUT2D eigenvalue weighted by Crippen LogP contribution is 2.29. The second kappa shape index (κ2) is 9.20. The maximum Gasteiger partial charge on any atom is 0.322 e. The molecule has 0 aliphatic carbocycles. The van der Waals surface area contributed by atoms with Crippen LogP contribution in [0.25, 0.3) is 0 Å². The predicted molar refractivity (Wildman–Crippen MR) is 102 cm³/mol. The van der Waals surface area contributed by atoms with Gasteiger partial charge in [0.15, 0.2) is 0 Å². The Balaban J connectivity index is 2.01. The van der Waals surface area contributed by atoms with E-state index in [2.05, 4.69) is 5.32 Å². The van der Waals surface area contributed by atoms with E-state index < -0.39 is 17.4 Å². The first kappa shape index (κ1) is 21.9. The van der Waals surface area contributed by atoms with E-state index in [-0.39, 0.29) is 24.4 Å². The van der Waals surface area contributed by atoms with Crippen molar-refractivity contribution in [2.45, 2.75) is 32.5 Å². The number of carbonyl (C=O) groups excluding carboxylic acids is 1. The number of ether oxygens (including phenoxy) is 2. The first-order valence-corrected chi connectivity index (χ1v) is 9.10. The van der Waals surface area contributed by atoms with Gasteiger partial charge in [-0.05, 0) is 40.0 Å². The van der Waals surface area contributed by atoms with Crippen molar-refractivity contribution >= 4 is 17.7 Å². The van der Waals surface area contributed by atoms with E-state index in [1.54, 1.807) is 16.8 Å². The molecule has 2 amide bonds. The molecule has 2 N–H and O–H groups in total. The third kappa shape index (κ3) is 6.97. The van der Waals surface area contributed by atoms with Crippen LogP contribution in [0.4, 0.5) is 14.9 Å². The number of anilines is 1. The molecule has 1 heterocycles. The van der Waals surface area contributed by atoms with Crippen LogP contribution in [0.2, 0.25) is 0 Å². The zero-order chi connectivity index (χ0) is 20.9. The van der Waals surface area contributed by atoms with Crippen molar-refractivity contribution in [3.05, 3.63) is 24.0 Å². The molecule has 1 atom stereocenters. The molecule has 8 nitrogen and oxygen atoms in total. The van der Waals surface area contributed by atoms with Gasteiger partial charge in [-0.2, -0.15) is 0 Å². The molecular weight excluding hydrogens is 369 g/mol. The summed E-state index contributed by atoms with van der Waals surface area (Å²) in [5.41, 5.74) is -0.168. The third-order valence-corrected chi connectivity index (χ3v) is 3.95. The lowest BCUT2D eigenvalue weighted by Crippen LogP contribution is -2.50. The second-order valence-corrected chi connectivity index (χ2v) is 7.81. The van der Waals surface area contributed by atoms with Crippen LogP contribution in [0.3, 0.4) is 0 Å². The quantitative estimate of drug-likeness (QED) is 0.765. The smallest absolute Gasteiger partial charge is 0.322 e. The van der Waals surface area contributed by atoms with E-state index >= 15 is 0 Å². The number of hydrogen-bond acceptors (Lipinski definition) is 5. The van der Waals surface area contributed by atoms with Gasteiger partial charge in [-0.1, -0.05) is 0 Å². The number of nitrogens with zero attached hydrogens (tertiary/aromatic N) is 2. The number of morpholine rings is 1. The van der Waals surface area contributed by atoms with Crippen LogP contribution in [-0.4, -0.2) is 78.4 Å². The summed E-state index contributed by atoms with van der Waals surface area (Å²) in [6, 6.07) is 3.62. The van der Waals surface area contributed by atoms with Gasteiger partial charge in [0.1, 0.15) is 17.2 Å². The van der Waals surface area contributed by atoms with Crippen molar-refractivity contribution in [3.8, 4) is 5.75 Å². The second-order valence-electron chi connectivity index (χ2n) is 7.81. The third-order valence-electron chi connectivity index (χ3n) is 3.95. The van der Waals surface area contributed by atoms with Gasteiger partial charge in [-0.3, -0.25) is 9.69 Å². The number of urea groups is 1. The minimum atomic E-state index is -0.921. The molecule has 1 aromatic rings. The summed E-state index contributed by atoms with van der Waals surface area (Å²) >= 11 is 0. The van der Waals surface area contributed by atoms with Gasteiger partial charge in [0.25, 0.3) is 0 Å². The average Bonchev–Trinajstić information content (AvgIpc) is 2.55. The van der Waals surface area contributed by atoms with E-state index in [4.69, 9.17) is 14.6 Å². The SMILES string of the molecule is CN(CC(=O)O)CC1CN(C(=O)Nc2ccc(F)cc2OC(C)(C)C)CCO1. The van der Waals surface area contributed by atoms with Crippen molar-refractivity contribution < 1.29 is 28.6 Å². The zero-order valence-electron chi connectivity index (χ0n) is 16.7. The summed E-state index contributed by atoms with van der Waals surface area (Å²) in [6.45, 7) is 6.89. The number of aliphatic carboxylic acids is 1. The predicted octanol–water partition coefficient (Wildman–Crippen LogP) is 2.25. The van der Waals surface area contributed by atoms with E-state index in [0.717, 1.165) is 0 Å². The maximum atomic E-state index is 13.6. The Morgan fingerprint density at radius 2 is 2.14 bits per heavy atom. The molecule has 156 valence electrons. The summed E-state index contributed by atoms with van der Waals surface area (Å²) in [5.74, 6) is -1.12. The molecule has 0 aromatic heterocycles. The van der Waals surface area contributed by atoms with Gasteiger partial charge in [-0.25, -0.2) is 9.18 Å². The first-order valence-electron chi connectivity index (χ1n) is 9.10. The van der Waals surface area contributed by atoms with Crippen LogP contribution in [0.5, 0.6) is 5.75 Å². The lowest BCUT2D eigenvalue weighted by atomic mass is 10.2. The maximum absolute atomic E-state index is 13.6. The molecule has 0 bridgehead atoms. The summed E-state index contributed by atoms with van der Waals surface area (Å²) in [5, 5.41) is 11.6. The molecule has 1 aromatic carbocycles. The molecule has 1 unspecified atom stereocenters. The van der Waals surface area contributed by atoms with Gasteiger partial charge < -0.3 is 24.8 Å². The minimum Gasteiger partial charge on any atom is -0.486 e. The van der Waals surface area contributed by atoms with Crippen molar-refractivity contribution in [2.75, 3.05) is 45.2 Å². The van der Waals surface area contributed by atoms with Crippen LogP contribution in [0.1, 0.15) is 20.8 Å². The molecule has 1 aliphatic heterocycles. The largest absolute Gasteiger partial charge is 0.486 e. The molecule has 1 saturated heterocycles. The Hall–Kier alpha value is -2.39. The number of hydrogen-bond donors (Lipinski definition) is 2. The lowest BCUT2D eigenvalue weighted by molar-refractivity contribution is -0.138. The Morgan fingerprint density at radius 1 is 1.43 bits per heavy atom. The van der Waals surface area contributed by atoms with Crippen molar-refractivity contribution in [2.24, 2.45) is 0 Å². The average molecular weight is 397 g/mol. The van der Waals surface area contributed by atoms with Gasteiger partial charge >= 0.3 is 12.0 Å². The van der Waals surface area contributed by atoms with Crippen LogP contribution in [0, 0.1) is 5.82 Å². The summed E-state index contributed by atoms with van der Waals surface area (Å²) in [4.78, 5) is 26.7. The molecule has 0 saturated carbocycles. The standard InChI is InChI=1S/C19H28FN3O5/c1-19(2,3)28-16-9-13(20)5-6-15(16)21-18(26)23-7-8-27-14(11-23)10-22(4)12-17(24)25/h5-6,9,14H,7-8,10-12H2,1-4H3,(H,21,26)(H,24,25). The van der Waals surface area contributed by atoms with Gasteiger partial charge in [0.2, 0.25) is 0 Å². The van der Waals surface area contributed by atoms with Crippen molar-refractivity contribution in [1.82, 2.24) is 9.80 Å². The van der Waals surface area contributed by atoms with Crippen molar-refractivity contribution in [3.63, 3.8) is 0 Å². The molecule has 1 aliphatic rings. The molecule has 1 fully saturated rings. The molecule has 0 spiro atoms. The number of nitrogens with one attached hydrogen (secondary N) is 1. The fourth-order valence-corrected chi connectivity index (χ4v) is 2.87. The summed E-state index contributed by atoms with van der Waals surface area (Å²) in [6.07, 6.45) is -0.289. The number of amides is 2. The number of halogens is 1. The van der Waals surface area contributed by atoms with Crippen LogP contribution >= 0.6 is 0 Å². The van der Waals surface area contributed by atoms with E-state index in [1.165, 1.54) is 18.2 Å². The van der Waals surface area contributed by atoms with E-state index in [0.29, 0.717) is 31.9 Å². The Kier molecular flexibility index (Phi) is 7.20. The fourth-order valence-electron chi connectivity index (χ4n) is 2.87. The van der Waals surface area contributed by atoms with E-state index in [1.807, 2.05) is 20.8 Å². The number of carboxylic acid groups (broad SMARTS) is 1. The van der Waals surface area contributed by atoms with E-state index in [9.17, 15) is 14.0 Å². The molecule has 9 heteroatoms. The first-order chi connectivity index (χ1) is 13.0. The number of likely N-dealkylation sites (N-methyl/N-ethyl adjacent to an activating group) is 1. The number of carbonyl (C=O) groups is 2. The normalized spacial score (nSPS) is 17.5. The van der Waals surface area contributed by atoms with Crippen LogP contribution in [-0.2, 0) is 9.53 Å². The Morgan fingerprint density at radius 3 is 2.79 bits per heavy atom. The van der Waals surface area contributed by atoms with Crippen LogP contribution in [0.15, 0.2) is 18.2 Å². The fraction of sp³-hybridized carbons (Fsp3) is 0.579. The number of rotatable bonds is 6.